The topological polar surface area (TPSA) is 9.49 Å². The van der Waals surface area contributed by atoms with Gasteiger partial charge < -0.3 is 0 Å². The molecule has 19 heavy (non-hydrogen) atoms. The first kappa shape index (κ1) is 15.5. The summed E-state index contributed by atoms with van der Waals surface area (Å²) in [5.41, 5.74) is 1.36. The van der Waals surface area contributed by atoms with E-state index in [1.807, 2.05) is 0 Å². The largest absolute Gasteiger partial charge is 0.350 e. The van der Waals surface area contributed by atoms with E-state index in [0.717, 1.165) is 26.2 Å². The molecule has 0 aliphatic heterocycles. The van der Waals surface area contributed by atoms with Gasteiger partial charge in [-0.2, -0.15) is 0 Å². The summed E-state index contributed by atoms with van der Waals surface area (Å²) in [4.78, 5) is 4.84. The van der Waals surface area contributed by atoms with Crippen molar-refractivity contribution in [1.29, 1.82) is 0 Å². The van der Waals surface area contributed by atoms with Gasteiger partial charge in [-0.15, -0.1) is 0 Å². The molecule has 0 atom stereocenters. The number of hydrogen-bond acceptors (Lipinski definition) is 0. The van der Waals surface area contributed by atoms with Gasteiger partial charge in [0.1, 0.15) is 0 Å². The van der Waals surface area contributed by atoms with Crippen molar-refractivity contribution in [3.8, 4) is 0 Å². The van der Waals surface area contributed by atoms with Gasteiger partial charge in [-0.1, -0.05) is 30.3 Å². The molecule has 0 heterocycles. The number of hydrogen-bond donors (Lipinski definition) is 0. The van der Waals surface area contributed by atoms with Crippen molar-refractivity contribution < 1.29 is 4.58 Å². The van der Waals surface area contributed by atoms with Crippen LogP contribution in [-0.2, 0) is 6.54 Å². The molecule has 0 unspecified atom stereocenters. The lowest BCUT2D eigenvalue weighted by Crippen LogP contribution is -2.48. The number of nitrogens with zero attached hydrogens (tertiary/aromatic N) is 3. The predicted octanol–water partition coefficient (Wildman–Crippen LogP) is 2.48. The van der Waals surface area contributed by atoms with Crippen LogP contribution >= 0.6 is 0 Å². The Bertz CT molecular complexity index is 390. The molecule has 0 saturated carbocycles. The monoisotopic (exact) mass is 262 g/mol. The van der Waals surface area contributed by atoms with Gasteiger partial charge in [0, 0.05) is 0 Å². The zero-order chi connectivity index (χ0) is 14.3. The average molecular weight is 262 g/mol. The molecule has 0 spiro atoms. The van der Waals surface area contributed by atoms with Crippen molar-refractivity contribution in [2.75, 3.05) is 33.7 Å². The highest BCUT2D eigenvalue weighted by Crippen LogP contribution is 2.07. The second-order valence-corrected chi connectivity index (χ2v) is 4.87. The van der Waals surface area contributed by atoms with E-state index in [2.05, 4.69) is 79.6 Å². The summed E-state index contributed by atoms with van der Waals surface area (Å²) in [7, 11) is 4.25. The molecular formula is C16H28N3+. The van der Waals surface area contributed by atoms with Crippen molar-refractivity contribution in [3.05, 3.63) is 35.9 Å². The van der Waals surface area contributed by atoms with Crippen molar-refractivity contribution in [2.24, 2.45) is 0 Å². The third kappa shape index (κ3) is 4.27. The molecule has 0 aliphatic carbocycles. The van der Waals surface area contributed by atoms with Gasteiger partial charge in [-0.05, 0) is 26.3 Å². The van der Waals surface area contributed by atoms with Crippen LogP contribution in [0.2, 0.25) is 0 Å². The third-order valence-electron chi connectivity index (χ3n) is 3.33. The number of benzene rings is 1. The summed E-state index contributed by atoms with van der Waals surface area (Å²) in [5, 5.41) is 0. The van der Waals surface area contributed by atoms with E-state index in [1.54, 1.807) is 0 Å². The lowest BCUT2D eigenvalue weighted by molar-refractivity contribution is -0.476. The minimum atomic E-state index is 0.960. The highest BCUT2D eigenvalue weighted by molar-refractivity contribution is 5.75. The predicted molar refractivity (Wildman–Crippen MR) is 82.6 cm³/mol. The maximum absolute atomic E-state index is 2.43. The zero-order valence-electron chi connectivity index (χ0n) is 13.1. The van der Waals surface area contributed by atoms with Gasteiger partial charge in [0.05, 0.1) is 40.3 Å². The standard InChI is InChI=1S/C16H28N3/c1-6-18(7-2)16(17(4)5)19(8-3)14-15-12-10-9-11-13-15/h9-13H,6-8,14H2,1-5H3/q+1. The molecule has 0 radical (unpaired) electrons. The molecule has 3 nitrogen and oxygen atoms in total. The Labute approximate surface area is 118 Å². The van der Waals surface area contributed by atoms with E-state index in [0.29, 0.717) is 0 Å². The van der Waals surface area contributed by atoms with Gasteiger partial charge >= 0.3 is 5.96 Å². The smallest absolute Gasteiger partial charge is 0.270 e. The fourth-order valence-corrected chi connectivity index (χ4v) is 2.40. The summed E-state index contributed by atoms with van der Waals surface area (Å²) in [6.45, 7) is 10.7. The Morgan fingerprint density at radius 1 is 0.895 bits per heavy atom. The van der Waals surface area contributed by atoms with Gasteiger partial charge in [0.15, 0.2) is 0 Å². The van der Waals surface area contributed by atoms with Crippen LogP contribution in [0.5, 0.6) is 0 Å². The van der Waals surface area contributed by atoms with Gasteiger partial charge in [-0.3, -0.25) is 14.4 Å². The van der Waals surface area contributed by atoms with Crippen LogP contribution in [0.4, 0.5) is 0 Å². The maximum atomic E-state index is 2.43. The normalized spacial score (nSPS) is 10.2. The highest BCUT2D eigenvalue weighted by atomic mass is 15.4. The summed E-state index contributed by atoms with van der Waals surface area (Å²) in [6, 6.07) is 10.7. The SMILES string of the molecule is CCN(CC)C(N(CC)Cc1ccccc1)=[N+](C)C. The van der Waals surface area contributed by atoms with Gasteiger partial charge in [0.25, 0.3) is 0 Å². The first-order valence-electron chi connectivity index (χ1n) is 7.22. The number of rotatable bonds is 5. The number of guanidine groups is 1. The molecule has 1 rings (SSSR count). The van der Waals surface area contributed by atoms with E-state index in [1.165, 1.54) is 11.5 Å². The maximum Gasteiger partial charge on any atom is 0.350 e. The van der Waals surface area contributed by atoms with E-state index in [4.69, 9.17) is 0 Å². The average Bonchev–Trinajstić information content (AvgIpc) is 2.43. The Hall–Kier alpha value is -1.51. The Kier molecular flexibility index (Phi) is 6.40. The first-order valence-corrected chi connectivity index (χ1v) is 7.22. The minimum Gasteiger partial charge on any atom is -0.270 e. The fourth-order valence-electron chi connectivity index (χ4n) is 2.40. The third-order valence-corrected chi connectivity index (χ3v) is 3.33. The van der Waals surface area contributed by atoms with Crippen LogP contribution < -0.4 is 0 Å². The Balaban J connectivity index is 2.96. The summed E-state index contributed by atoms with van der Waals surface area (Å²) >= 11 is 0. The molecule has 0 N–H and O–H groups in total. The second kappa shape index (κ2) is 7.82. The minimum absolute atomic E-state index is 0.960. The van der Waals surface area contributed by atoms with Crippen molar-refractivity contribution in [1.82, 2.24) is 9.80 Å². The van der Waals surface area contributed by atoms with Gasteiger partial charge in [-0.25, -0.2) is 0 Å². The van der Waals surface area contributed by atoms with Crippen LogP contribution in [0.1, 0.15) is 26.3 Å². The molecule has 0 bridgehead atoms. The first-order chi connectivity index (χ1) is 9.13. The molecule has 0 saturated heterocycles. The van der Waals surface area contributed by atoms with Crippen molar-refractivity contribution >= 4 is 5.96 Å². The fraction of sp³-hybridized carbons (Fsp3) is 0.562. The molecule has 3 heteroatoms. The summed E-state index contributed by atoms with van der Waals surface area (Å²) in [5.74, 6) is 1.30. The molecule has 0 aromatic heterocycles. The second-order valence-electron chi connectivity index (χ2n) is 4.87. The van der Waals surface area contributed by atoms with Gasteiger partial charge in [0.2, 0.25) is 0 Å². The lowest BCUT2D eigenvalue weighted by Gasteiger charge is -2.27. The summed E-state index contributed by atoms with van der Waals surface area (Å²) in [6.07, 6.45) is 0. The van der Waals surface area contributed by atoms with E-state index >= 15 is 0 Å². The zero-order valence-corrected chi connectivity index (χ0v) is 13.1. The summed E-state index contributed by atoms with van der Waals surface area (Å²) < 4.78 is 2.22. The Morgan fingerprint density at radius 2 is 1.42 bits per heavy atom. The Morgan fingerprint density at radius 3 is 1.84 bits per heavy atom. The lowest BCUT2D eigenvalue weighted by atomic mass is 10.2. The van der Waals surface area contributed by atoms with E-state index < -0.39 is 0 Å². The molecule has 106 valence electrons. The molecule has 1 aromatic rings. The van der Waals surface area contributed by atoms with Crippen LogP contribution in [0, 0.1) is 0 Å². The quantitative estimate of drug-likeness (QED) is 0.458. The van der Waals surface area contributed by atoms with Crippen molar-refractivity contribution in [3.63, 3.8) is 0 Å². The molecule has 1 aromatic carbocycles. The van der Waals surface area contributed by atoms with Crippen LogP contribution in [-0.4, -0.2) is 54.1 Å². The van der Waals surface area contributed by atoms with E-state index in [9.17, 15) is 0 Å². The van der Waals surface area contributed by atoms with Crippen LogP contribution in [0.3, 0.4) is 0 Å². The van der Waals surface area contributed by atoms with Crippen LogP contribution in [0.25, 0.3) is 0 Å². The highest BCUT2D eigenvalue weighted by Gasteiger charge is 2.24. The molecule has 0 fully saturated rings. The van der Waals surface area contributed by atoms with E-state index in [-0.39, 0.29) is 0 Å². The molecule has 0 aliphatic rings. The molecule has 0 amide bonds. The van der Waals surface area contributed by atoms with Crippen molar-refractivity contribution in [2.45, 2.75) is 27.3 Å². The van der Waals surface area contributed by atoms with Crippen LogP contribution in [0.15, 0.2) is 30.3 Å². The molecular weight excluding hydrogens is 234 g/mol.